The molecule has 6 nitrogen and oxygen atoms in total. The van der Waals surface area contributed by atoms with Crippen molar-refractivity contribution in [3.05, 3.63) is 16.1 Å². The van der Waals surface area contributed by atoms with E-state index in [4.69, 9.17) is 10.8 Å². The van der Waals surface area contributed by atoms with Gasteiger partial charge in [0, 0.05) is 5.38 Å². The molecule has 0 aliphatic heterocycles. The zero-order valence-corrected chi connectivity index (χ0v) is 8.87. The van der Waals surface area contributed by atoms with Crippen LogP contribution in [0, 0.1) is 6.92 Å². The number of thiazole rings is 1. The Kier molecular flexibility index (Phi) is 3.75. The number of carbonyl (C=O) groups excluding carboxylic acids is 2. The Bertz CT molecular complexity index is 377. The summed E-state index contributed by atoms with van der Waals surface area (Å²) in [5.41, 5.74) is 5.08. The predicted octanol–water partition coefficient (Wildman–Crippen LogP) is -0.972. The van der Waals surface area contributed by atoms with E-state index in [1.165, 1.54) is 11.3 Å². The van der Waals surface area contributed by atoms with E-state index in [0.29, 0.717) is 0 Å². The minimum absolute atomic E-state index is 0.204. The molecule has 0 aliphatic carbocycles. The van der Waals surface area contributed by atoms with Crippen LogP contribution < -0.4 is 11.1 Å². The van der Waals surface area contributed by atoms with Gasteiger partial charge in [-0.2, -0.15) is 0 Å². The van der Waals surface area contributed by atoms with Crippen LogP contribution in [0.25, 0.3) is 0 Å². The summed E-state index contributed by atoms with van der Waals surface area (Å²) < 4.78 is 0. The number of nitrogens with zero attached hydrogens (tertiary/aromatic N) is 1. The highest BCUT2D eigenvalue weighted by molar-refractivity contribution is 7.09. The monoisotopic (exact) mass is 229 g/mol. The van der Waals surface area contributed by atoms with Crippen molar-refractivity contribution in [3.63, 3.8) is 0 Å². The molecule has 2 amide bonds. The third-order valence-corrected chi connectivity index (χ3v) is 2.41. The summed E-state index contributed by atoms with van der Waals surface area (Å²) in [6, 6.07) is 0. The van der Waals surface area contributed by atoms with Crippen LogP contribution in [0.3, 0.4) is 0 Å². The molecule has 0 radical (unpaired) electrons. The molecular formula is C8H11N3O3S. The van der Waals surface area contributed by atoms with Gasteiger partial charge in [-0.3, -0.25) is 9.59 Å². The molecule has 0 bridgehead atoms. The van der Waals surface area contributed by atoms with Gasteiger partial charge in [-0.15, -0.1) is 11.3 Å². The molecule has 1 unspecified atom stereocenters. The second-order valence-electron chi connectivity index (χ2n) is 2.88. The molecule has 0 fully saturated rings. The van der Waals surface area contributed by atoms with E-state index < -0.39 is 17.9 Å². The van der Waals surface area contributed by atoms with Crippen LogP contribution in [0.4, 0.5) is 0 Å². The highest BCUT2D eigenvalue weighted by atomic mass is 32.1. The molecule has 1 atom stereocenters. The summed E-state index contributed by atoms with van der Waals surface area (Å²) in [6.45, 7) is 1.57. The van der Waals surface area contributed by atoms with Gasteiger partial charge in [0.1, 0.15) is 11.8 Å². The Balaban J connectivity index is 2.47. The number of aliphatic hydroxyl groups is 1. The summed E-state index contributed by atoms with van der Waals surface area (Å²) in [7, 11) is 0. The summed E-state index contributed by atoms with van der Waals surface area (Å²) in [5.74, 6) is -1.30. The molecule has 1 rings (SSSR count). The molecule has 1 aromatic rings. The van der Waals surface area contributed by atoms with Gasteiger partial charge >= 0.3 is 0 Å². The fourth-order valence-electron chi connectivity index (χ4n) is 0.848. The molecule has 0 aromatic carbocycles. The largest absolute Gasteiger partial charge is 0.381 e. The van der Waals surface area contributed by atoms with Crippen LogP contribution in [0.15, 0.2) is 5.38 Å². The van der Waals surface area contributed by atoms with Gasteiger partial charge in [-0.25, -0.2) is 4.98 Å². The first-order valence-corrected chi connectivity index (χ1v) is 5.06. The normalized spacial score (nSPS) is 12.1. The van der Waals surface area contributed by atoms with Crippen molar-refractivity contribution < 1.29 is 14.7 Å². The Morgan fingerprint density at radius 1 is 1.73 bits per heavy atom. The van der Waals surface area contributed by atoms with Crippen LogP contribution >= 0.6 is 11.3 Å². The SMILES string of the molecule is Cc1nc(C(=O)NCC(O)C(N)=O)cs1. The lowest BCUT2D eigenvalue weighted by Crippen LogP contribution is -2.40. The van der Waals surface area contributed by atoms with Crippen molar-refractivity contribution in [2.75, 3.05) is 6.54 Å². The van der Waals surface area contributed by atoms with Crippen LogP contribution in [0.2, 0.25) is 0 Å². The lowest BCUT2D eigenvalue weighted by Gasteiger charge is -2.06. The number of carbonyl (C=O) groups is 2. The fraction of sp³-hybridized carbons (Fsp3) is 0.375. The molecule has 0 saturated heterocycles. The number of nitrogens with two attached hydrogens (primary N) is 1. The Labute approximate surface area is 90.1 Å². The number of aliphatic hydroxyl groups excluding tert-OH is 1. The highest BCUT2D eigenvalue weighted by Crippen LogP contribution is 2.07. The summed E-state index contributed by atoms with van der Waals surface area (Å²) >= 11 is 1.35. The minimum Gasteiger partial charge on any atom is -0.381 e. The van der Waals surface area contributed by atoms with Gasteiger partial charge in [-0.05, 0) is 6.92 Å². The third kappa shape index (κ3) is 3.30. The van der Waals surface area contributed by atoms with Gasteiger partial charge in [0.05, 0.1) is 11.6 Å². The predicted molar refractivity (Wildman–Crippen MR) is 54.4 cm³/mol. The molecule has 0 aliphatic rings. The number of primary amides is 1. The Morgan fingerprint density at radius 2 is 2.40 bits per heavy atom. The maximum atomic E-state index is 11.4. The van der Waals surface area contributed by atoms with Gasteiger partial charge in [0.25, 0.3) is 5.91 Å². The first-order chi connectivity index (χ1) is 7.00. The van der Waals surface area contributed by atoms with Crippen LogP contribution in [0.5, 0.6) is 0 Å². The molecule has 82 valence electrons. The topological polar surface area (TPSA) is 105 Å². The van der Waals surface area contributed by atoms with E-state index in [1.807, 2.05) is 0 Å². The zero-order valence-electron chi connectivity index (χ0n) is 8.06. The molecule has 1 aromatic heterocycles. The summed E-state index contributed by atoms with van der Waals surface area (Å²) in [6.07, 6.45) is -1.37. The number of rotatable bonds is 4. The van der Waals surface area contributed by atoms with Crippen LogP contribution in [0.1, 0.15) is 15.5 Å². The van der Waals surface area contributed by atoms with Crippen molar-refractivity contribution in [3.8, 4) is 0 Å². The lowest BCUT2D eigenvalue weighted by molar-refractivity contribution is -0.125. The molecule has 4 N–H and O–H groups in total. The molecule has 15 heavy (non-hydrogen) atoms. The number of hydrogen-bond acceptors (Lipinski definition) is 5. The van der Waals surface area contributed by atoms with E-state index >= 15 is 0 Å². The number of aryl methyl sites for hydroxylation is 1. The average Bonchev–Trinajstić information content (AvgIpc) is 2.60. The lowest BCUT2D eigenvalue weighted by atomic mass is 10.3. The number of aromatic nitrogens is 1. The van der Waals surface area contributed by atoms with Crippen molar-refractivity contribution >= 4 is 23.2 Å². The second kappa shape index (κ2) is 4.85. The average molecular weight is 229 g/mol. The zero-order chi connectivity index (χ0) is 11.4. The number of nitrogens with one attached hydrogen (secondary N) is 1. The van der Waals surface area contributed by atoms with Gasteiger partial charge in [0.2, 0.25) is 5.91 Å². The second-order valence-corrected chi connectivity index (χ2v) is 3.94. The van der Waals surface area contributed by atoms with E-state index in [2.05, 4.69) is 10.3 Å². The first kappa shape index (κ1) is 11.6. The van der Waals surface area contributed by atoms with Crippen molar-refractivity contribution in [1.82, 2.24) is 10.3 Å². The standard InChI is InChI=1S/C8H11N3O3S/c1-4-11-5(3-15-4)8(14)10-2-6(12)7(9)13/h3,6,12H,2H2,1H3,(H2,9,13)(H,10,14). The van der Waals surface area contributed by atoms with Crippen molar-refractivity contribution in [2.45, 2.75) is 13.0 Å². The number of amides is 2. The fourth-order valence-corrected chi connectivity index (χ4v) is 1.44. The van der Waals surface area contributed by atoms with Crippen LogP contribution in [-0.4, -0.2) is 34.6 Å². The van der Waals surface area contributed by atoms with E-state index in [9.17, 15) is 9.59 Å². The molecule has 7 heteroatoms. The van der Waals surface area contributed by atoms with Crippen molar-refractivity contribution in [2.24, 2.45) is 5.73 Å². The maximum absolute atomic E-state index is 11.4. The minimum atomic E-state index is -1.37. The molecule has 0 spiro atoms. The smallest absolute Gasteiger partial charge is 0.270 e. The van der Waals surface area contributed by atoms with Gasteiger partial charge in [-0.1, -0.05) is 0 Å². The number of hydrogen-bond donors (Lipinski definition) is 3. The molecular weight excluding hydrogens is 218 g/mol. The maximum Gasteiger partial charge on any atom is 0.270 e. The quantitative estimate of drug-likeness (QED) is 0.617. The Hall–Kier alpha value is -1.47. The third-order valence-electron chi connectivity index (χ3n) is 1.64. The molecule has 1 heterocycles. The van der Waals surface area contributed by atoms with E-state index in [-0.39, 0.29) is 12.2 Å². The van der Waals surface area contributed by atoms with Gasteiger partial charge < -0.3 is 16.2 Å². The van der Waals surface area contributed by atoms with E-state index in [1.54, 1.807) is 12.3 Å². The summed E-state index contributed by atoms with van der Waals surface area (Å²) in [5, 5.41) is 13.7. The van der Waals surface area contributed by atoms with Gasteiger partial charge in [0.15, 0.2) is 0 Å². The highest BCUT2D eigenvalue weighted by Gasteiger charge is 2.14. The summed E-state index contributed by atoms with van der Waals surface area (Å²) in [4.78, 5) is 25.8. The first-order valence-electron chi connectivity index (χ1n) is 4.18. The Morgan fingerprint density at radius 3 is 2.87 bits per heavy atom. The van der Waals surface area contributed by atoms with Crippen molar-refractivity contribution in [1.29, 1.82) is 0 Å². The van der Waals surface area contributed by atoms with Crippen LogP contribution in [-0.2, 0) is 4.79 Å². The van der Waals surface area contributed by atoms with E-state index in [0.717, 1.165) is 5.01 Å². The molecule has 0 saturated carbocycles.